The zero-order valence-electron chi connectivity index (χ0n) is 21.7. The van der Waals surface area contributed by atoms with E-state index in [9.17, 15) is 9.90 Å². The van der Waals surface area contributed by atoms with Crippen molar-refractivity contribution in [2.75, 3.05) is 33.9 Å². The van der Waals surface area contributed by atoms with E-state index in [4.69, 9.17) is 9.47 Å². The zero-order chi connectivity index (χ0) is 26.2. The number of ether oxygens (including phenoxy) is 2. The summed E-state index contributed by atoms with van der Waals surface area (Å²) < 4.78 is 26.2. The highest BCUT2D eigenvalue weighted by atomic mass is 19.1. The number of likely N-dealkylation sites (tertiary alicyclic amines) is 1. The molecular formula is C30H37FN2O4. The number of para-hydroxylation sites is 1. The zero-order valence-corrected chi connectivity index (χ0v) is 21.7. The van der Waals surface area contributed by atoms with Gasteiger partial charge in [-0.2, -0.15) is 0 Å². The first-order valence-corrected chi connectivity index (χ1v) is 13.1. The topological polar surface area (TPSA) is 71.9 Å². The molecule has 1 saturated heterocycles. The average Bonchev–Trinajstić information content (AvgIpc) is 2.93. The van der Waals surface area contributed by atoms with Gasteiger partial charge in [0.25, 0.3) is 0 Å². The molecular weight excluding hydrogens is 471 g/mol. The Bertz CT molecular complexity index is 1190. The number of aliphatic carboxylic acids is 1. The van der Waals surface area contributed by atoms with Crippen LogP contribution in [-0.4, -0.2) is 54.8 Å². The Balaban J connectivity index is 1.29. The van der Waals surface area contributed by atoms with Gasteiger partial charge in [0, 0.05) is 18.1 Å². The van der Waals surface area contributed by atoms with Crippen molar-refractivity contribution in [2.24, 2.45) is 11.8 Å². The van der Waals surface area contributed by atoms with Crippen molar-refractivity contribution in [1.82, 2.24) is 9.88 Å². The maximum absolute atomic E-state index is 15.4. The number of alkyl halides is 1. The number of hydrogen-bond donors (Lipinski definition) is 1. The molecule has 37 heavy (non-hydrogen) atoms. The van der Waals surface area contributed by atoms with Crippen molar-refractivity contribution in [1.29, 1.82) is 0 Å². The number of rotatable bonds is 12. The second kappa shape index (κ2) is 12.9. The van der Waals surface area contributed by atoms with E-state index in [-0.39, 0.29) is 5.92 Å². The van der Waals surface area contributed by atoms with Gasteiger partial charge in [-0.1, -0.05) is 18.2 Å². The number of halogens is 1. The summed E-state index contributed by atoms with van der Waals surface area (Å²) in [6.45, 7) is 2.26. The average molecular weight is 509 g/mol. The molecule has 1 aromatic heterocycles. The Morgan fingerprint density at radius 2 is 2.00 bits per heavy atom. The number of fused-ring (bicyclic) bond motifs is 1. The molecule has 0 amide bonds. The van der Waals surface area contributed by atoms with Crippen LogP contribution in [0, 0.1) is 11.8 Å². The second-order valence-corrected chi connectivity index (χ2v) is 9.89. The molecule has 1 aliphatic rings. The van der Waals surface area contributed by atoms with Crippen LogP contribution in [0.4, 0.5) is 4.39 Å². The highest BCUT2D eigenvalue weighted by Crippen LogP contribution is 2.35. The minimum Gasteiger partial charge on any atom is -0.497 e. The Hall–Kier alpha value is -3.19. The normalized spacial score (nSPS) is 19.0. The van der Waals surface area contributed by atoms with Crippen LogP contribution in [0.2, 0.25) is 0 Å². The summed E-state index contributed by atoms with van der Waals surface area (Å²) in [5.41, 5.74) is 2.51. The highest BCUT2D eigenvalue weighted by molar-refractivity contribution is 5.83. The lowest BCUT2D eigenvalue weighted by Gasteiger charge is -2.37. The van der Waals surface area contributed by atoms with Crippen molar-refractivity contribution in [3.63, 3.8) is 0 Å². The molecule has 0 saturated carbocycles. The lowest BCUT2D eigenvalue weighted by atomic mass is 9.81. The van der Waals surface area contributed by atoms with Crippen LogP contribution >= 0.6 is 0 Å². The molecule has 1 N–H and O–H groups in total. The van der Waals surface area contributed by atoms with Gasteiger partial charge in [-0.3, -0.25) is 9.78 Å². The molecule has 0 bridgehead atoms. The Morgan fingerprint density at radius 1 is 1.16 bits per heavy atom. The van der Waals surface area contributed by atoms with E-state index in [1.165, 1.54) is 5.56 Å². The maximum atomic E-state index is 15.4. The van der Waals surface area contributed by atoms with E-state index in [2.05, 4.69) is 16.0 Å². The van der Waals surface area contributed by atoms with E-state index >= 15 is 4.39 Å². The number of carboxylic acids is 1. The summed E-state index contributed by atoms with van der Waals surface area (Å²) in [5, 5.41) is 10.7. The molecule has 0 aliphatic carbocycles. The molecule has 3 aromatic rings. The molecule has 0 radical (unpaired) electrons. The van der Waals surface area contributed by atoms with Gasteiger partial charge in [0.15, 0.2) is 0 Å². The number of unbranched alkanes of at least 4 members (excludes halogenated alkanes) is 1. The Kier molecular flexibility index (Phi) is 9.34. The molecule has 3 atom stereocenters. The lowest BCUT2D eigenvalue weighted by molar-refractivity contribution is -0.146. The number of aromatic nitrogens is 1. The minimum absolute atomic E-state index is 0.0248. The van der Waals surface area contributed by atoms with Crippen molar-refractivity contribution >= 4 is 16.9 Å². The number of carbonyl (C=O) groups is 1. The number of nitrogens with zero attached hydrogens (tertiary/aromatic N) is 2. The van der Waals surface area contributed by atoms with Crippen LogP contribution in [0.25, 0.3) is 10.9 Å². The molecule has 1 aliphatic heterocycles. The van der Waals surface area contributed by atoms with E-state index in [1.54, 1.807) is 26.5 Å². The number of piperidine rings is 1. The van der Waals surface area contributed by atoms with E-state index < -0.39 is 18.1 Å². The summed E-state index contributed by atoms with van der Waals surface area (Å²) >= 11 is 0. The quantitative estimate of drug-likeness (QED) is 0.299. The second-order valence-electron chi connectivity index (χ2n) is 9.89. The summed E-state index contributed by atoms with van der Waals surface area (Å²) in [4.78, 5) is 18.7. The van der Waals surface area contributed by atoms with Gasteiger partial charge in [-0.05, 0) is 99.0 Å². The molecule has 198 valence electrons. The summed E-state index contributed by atoms with van der Waals surface area (Å²) in [6.07, 6.45) is 5.03. The first kappa shape index (κ1) is 26.9. The number of methoxy groups -OCH3 is 2. The first-order chi connectivity index (χ1) is 18.0. The van der Waals surface area contributed by atoms with E-state index in [1.807, 2.05) is 36.4 Å². The molecule has 0 spiro atoms. The van der Waals surface area contributed by atoms with Crippen molar-refractivity contribution in [3.8, 4) is 11.5 Å². The third-order valence-electron chi connectivity index (χ3n) is 7.63. The maximum Gasteiger partial charge on any atom is 0.308 e. The minimum atomic E-state index is -1.18. The molecule has 6 nitrogen and oxygen atoms in total. The summed E-state index contributed by atoms with van der Waals surface area (Å²) in [7, 11) is 3.28. The number of pyridine rings is 1. The predicted octanol–water partition coefficient (Wildman–Crippen LogP) is 6.09. The molecule has 1 fully saturated rings. The van der Waals surface area contributed by atoms with Crippen LogP contribution in [0.1, 0.15) is 49.4 Å². The van der Waals surface area contributed by atoms with Gasteiger partial charge in [-0.15, -0.1) is 0 Å². The number of hydrogen-bond acceptors (Lipinski definition) is 5. The summed E-state index contributed by atoms with van der Waals surface area (Å²) in [5.74, 6) is 0.306. The van der Waals surface area contributed by atoms with Crippen LogP contribution in [0.15, 0.2) is 54.7 Å². The van der Waals surface area contributed by atoms with Crippen molar-refractivity contribution in [2.45, 2.75) is 44.7 Å². The molecule has 2 aromatic carbocycles. The van der Waals surface area contributed by atoms with Gasteiger partial charge in [0.2, 0.25) is 0 Å². The van der Waals surface area contributed by atoms with Crippen LogP contribution in [0.3, 0.4) is 0 Å². The van der Waals surface area contributed by atoms with E-state index in [0.29, 0.717) is 30.7 Å². The number of benzene rings is 2. The van der Waals surface area contributed by atoms with Gasteiger partial charge in [-0.25, -0.2) is 4.39 Å². The van der Waals surface area contributed by atoms with E-state index in [0.717, 1.165) is 55.4 Å². The van der Waals surface area contributed by atoms with Gasteiger partial charge < -0.3 is 19.5 Å². The van der Waals surface area contributed by atoms with Gasteiger partial charge in [0.05, 0.1) is 25.7 Å². The SMILES string of the molecule is COc1ccc2nccc([C@@H](F)CC[C@@H]3CCN(CCCCc4ccccc4OC)C[C@@H]3C(=O)O)c2c1. The van der Waals surface area contributed by atoms with Gasteiger partial charge in [0.1, 0.15) is 17.7 Å². The fourth-order valence-corrected chi connectivity index (χ4v) is 5.52. The lowest BCUT2D eigenvalue weighted by Crippen LogP contribution is -2.44. The number of aryl methyl sites for hydroxylation is 1. The molecule has 2 heterocycles. The standard InChI is InChI=1S/C30H37FN2O4/c1-36-23-11-13-28-25(19-23)24(14-16-32-28)27(31)12-10-21-15-18-33(20-26(21)30(34)35)17-6-5-8-22-7-3-4-9-29(22)37-2/h3-4,7,9,11,13-14,16,19,21,26-27H,5-6,8,10,12,15,17-18,20H2,1-2H3,(H,34,35)/t21-,26+,27+/m1/s1. The largest absolute Gasteiger partial charge is 0.497 e. The van der Waals surface area contributed by atoms with Crippen molar-refractivity contribution in [3.05, 3.63) is 65.9 Å². The molecule has 4 rings (SSSR count). The van der Waals surface area contributed by atoms with Crippen LogP contribution in [0.5, 0.6) is 11.5 Å². The van der Waals surface area contributed by atoms with Crippen molar-refractivity contribution < 1.29 is 23.8 Å². The predicted molar refractivity (Wildman–Crippen MR) is 143 cm³/mol. The first-order valence-electron chi connectivity index (χ1n) is 13.1. The monoisotopic (exact) mass is 508 g/mol. The van der Waals surface area contributed by atoms with Crippen LogP contribution < -0.4 is 9.47 Å². The Labute approximate surface area is 218 Å². The smallest absolute Gasteiger partial charge is 0.308 e. The number of carboxylic acid groups (broad SMARTS) is 1. The Morgan fingerprint density at radius 3 is 2.78 bits per heavy atom. The fourth-order valence-electron chi connectivity index (χ4n) is 5.52. The highest BCUT2D eigenvalue weighted by Gasteiger charge is 2.34. The third-order valence-corrected chi connectivity index (χ3v) is 7.63. The summed E-state index contributed by atoms with van der Waals surface area (Å²) in [6, 6.07) is 15.2. The molecule has 0 unspecified atom stereocenters. The van der Waals surface area contributed by atoms with Crippen LogP contribution in [-0.2, 0) is 11.2 Å². The molecule has 7 heteroatoms. The fraction of sp³-hybridized carbons (Fsp3) is 0.467. The van der Waals surface area contributed by atoms with Gasteiger partial charge >= 0.3 is 5.97 Å². The third kappa shape index (κ3) is 6.77.